The number of benzene rings is 3. The van der Waals surface area contributed by atoms with Gasteiger partial charge in [0.1, 0.15) is 17.2 Å². The molecule has 0 spiro atoms. The van der Waals surface area contributed by atoms with E-state index in [2.05, 4.69) is 124 Å². The Morgan fingerprint density at radius 1 is 0.413 bits per heavy atom. The maximum atomic E-state index is 6.17. The van der Waals surface area contributed by atoms with E-state index in [1.54, 1.807) is 0 Å². The molecule has 8 aliphatic rings. The number of fused-ring (bicyclic) bond motifs is 3. The van der Waals surface area contributed by atoms with Crippen LogP contribution in [0.2, 0.25) is 0 Å². The fourth-order valence-electron chi connectivity index (χ4n) is 14.4. The zero-order chi connectivity index (χ0) is 61.8. The minimum atomic E-state index is 0. The van der Waals surface area contributed by atoms with Crippen LogP contribution in [0.25, 0.3) is 32.9 Å². The SMILES string of the molecule is CN(C)Cc1c(OCC2CC2)ccc2c(CCC3CCN(CC4CCOC4)CC3)noc12.CN(C)Cc1c(OCC2CC2)ccc2c(CCC3CCN(CC4CCOC4)CC3)noc12.CN(C)Cc1c(OCC2CC2)ccc2c(CCC3CCNCC3)noc12.Cl.Cl. The van der Waals surface area contributed by atoms with Crippen LogP contribution in [0.4, 0.5) is 0 Å². The topological polar surface area (TPSA) is 152 Å². The highest BCUT2D eigenvalue weighted by molar-refractivity contribution is 5.87. The van der Waals surface area contributed by atoms with E-state index in [1.165, 1.54) is 159 Å². The molecule has 92 heavy (non-hydrogen) atoms. The summed E-state index contributed by atoms with van der Waals surface area (Å²) in [7, 11) is 12.5. The number of nitrogens with one attached hydrogen (secondary N) is 1. The molecule has 2 atom stereocenters. The molecule has 6 aromatic rings. The quantitative estimate of drug-likeness (QED) is 0.0495. The smallest absolute Gasteiger partial charge is 0.175 e. The third-order valence-electron chi connectivity index (χ3n) is 20.6. The molecule has 0 radical (unpaired) electrons. The van der Waals surface area contributed by atoms with Crippen LogP contribution in [0, 0.1) is 47.3 Å². The van der Waals surface area contributed by atoms with Crippen molar-refractivity contribution in [2.24, 2.45) is 47.3 Å². The van der Waals surface area contributed by atoms with Crippen molar-refractivity contribution in [1.82, 2.24) is 45.3 Å². The lowest BCUT2D eigenvalue weighted by Crippen LogP contribution is -2.37. The Balaban J connectivity index is 0.000000151. The standard InChI is InChI=1S/2C26H39N3O3.C21H31N3O2.2ClH/c2*1-28(2)16-23-25(31-18-20-3-4-20)8-6-22-24(27-32-26(22)23)7-5-19-9-12-29(13-10-19)15-21-11-14-30-17-21;1-24(2)13-18-20(25-14-16-3-4-16)8-6-17-19(23-26-21(17)18)7-5-15-9-11-22-12-10-15;;/h2*6,8,19-21H,3-5,7,9-18H2,1-2H3;6,8,15-16,22H,3-5,7,9-14H2,1-2H3;2*1H. The molecule has 3 aromatic carbocycles. The van der Waals surface area contributed by atoms with Gasteiger partial charge in [-0.3, -0.25) is 0 Å². The number of aromatic nitrogens is 3. The molecule has 5 aliphatic heterocycles. The summed E-state index contributed by atoms with van der Waals surface area (Å²) in [6.07, 6.45) is 24.6. The molecular weight excluding hydrogens is 1200 g/mol. The van der Waals surface area contributed by atoms with E-state index < -0.39 is 0 Å². The Labute approximate surface area is 561 Å². The monoisotopic (exact) mass is 1310 g/mol. The van der Waals surface area contributed by atoms with Gasteiger partial charge in [-0.15, -0.1) is 24.8 Å². The van der Waals surface area contributed by atoms with E-state index in [0.717, 1.165) is 219 Å². The Hall–Kier alpha value is -4.27. The molecule has 0 amide bonds. The molecule has 17 nitrogen and oxygen atoms in total. The maximum Gasteiger partial charge on any atom is 0.175 e. The summed E-state index contributed by atoms with van der Waals surface area (Å²) in [5, 5.41) is 20.4. The minimum Gasteiger partial charge on any atom is -0.493 e. The average Bonchev–Trinajstić information content (AvgIpc) is 1.68. The molecule has 8 heterocycles. The van der Waals surface area contributed by atoms with Gasteiger partial charge in [0.25, 0.3) is 0 Å². The summed E-state index contributed by atoms with van der Waals surface area (Å²) in [5.74, 6) is 8.99. The number of hydrogen-bond acceptors (Lipinski definition) is 17. The number of halogens is 2. The van der Waals surface area contributed by atoms with E-state index in [4.69, 9.17) is 37.3 Å². The summed E-state index contributed by atoms with van der Waals surface area (Å²) >= 11 is 0. The molecular formula is C73H111Cl2N9O8. The molecule has 3 saturated carbocycles. The maximum absolute atomic E-state index is 6.17. The number of nitrogens with zero attached hydrogens (tertiary/aromatic N) is 8. The summed E-state index contributed by atoms with van der Waals surface area (Å²) in [6, 6.07) is 12.9. The van der Waals surface area contributed by atoms with Crippen molar-refractivity contribution in [2.75, 3.05) is 141 Å². The summed E-state index contributed by atoms with van der Waals surface area (Å²) in [5.41, 5.74) is 9.46. The average molecular weight is 1310 g/mol. The van der Waals surface area contributed by atoms with E-state index in [1.807, 2.05) is 0 Å². The predicted molar refractivity (Wildman–Crippen MR) is 370 cm³/mol. The second kappa shape index (κ2) is 34.6. The molecule has 3 aliphatic carbocycles. The van der Waals surface area contributed by atoms with Crippen LogP contribution in [0.1, 0.15) is 143 Å². The number of likely N-dealkylation sites (tertiary alicyclic amines) is 2. The van der Waals surface area contributed by atoms with Gasteiger partial charge in [-0.05, 0) is 294 Å². The summed E-state index contributed by atoms with van der Waals surface area (Å²) in [4.78, 5) is 11.8. The van der Waals surface area contributed by atoms with Crippen LogP contribution in [0.3, 0.4) is 0 Å². The van der Waals surface area contributed by atoms with Crippen LogP contribution in [-0.4, -0.2) is 181 Å². The van der Waals surface area contributed by atoms with Crippen molar-refractivity contribution in [1.29, 1.82) is 0 Å². The molecule has 2 unspecified atom stereocenters. The highest BCUT2D eigenvalue weighted by Gasteiger charge is 2.30. The van der Waals surface area contributed by atoms with Crippen molar-refractivity contribution >= 4 is 57.7 Å². The number of aryl methyl sites for hydroxylation is 3. The third-order valence-corrected chi connectivity index (χ3v) is 20.6. The van der Waals surface area contributed by atoms with Gasteiger partial charge in [0.2, 0.25) is 0 Å². The Morgan fingerprint density at radius 3 is 1.03 bits per heavy atom. The van der Waals surface area contributed by atoms with Gasteiger partial charge in [0.05, 0.1) is 66.8 Å². The summed E-state index contributed by atoms with van der Waals surface area (Å²) < 4.78 is 47.1. The van der Waals surface area contributed by atoms with Gasteiger partial charge >= 0.3 is 0 Å². The van der Waals surface area contributed by atoms with Crippen molar-refractivity contribution in [3.05, 3.63) is 70.2 Å². The van der Waals surface area contributed by atoms with Crippen LogP contribution in [-0.2, 0) is 48.4 Å². The highest BCUT2D eigenvalue weighted by atomic mass is 35.5. The van der Waals surface area contributed by atoms with E-state index >= 15 is 0 Å². The van der Waals surface area contributed by atoms with Crippen molar-refractivity contribution < 1.29 is 37.3 Å². The number of ether oxygens (including phenoxy) is 5. The zero-order valence-electron chi connectivity index (χ0n) is 56.6. The van der Waals surface area contributed by atoms with Gasteiger partial charge in [0.15, 0.2) is 16.7 Å². The fourth-order valence-corrected chi connectivity index (χ4v) is 14.4. The molecule has 19 heteroatoms. The molecule has 8 fully saturated rings. The lowest BCUT2D eigenvalue weighted by molar-refractivity contribution is 0.138. The largest absolute Gasteiger partial charge is 0.493 e. The Kier molecular flexibility index (Phi) is 26.5. The second-order valence-corrected chi connectivity index (χ2v) is 29.4. The second-order valence-electron chi connectivity index (χ2n) is 29.4. The van der Waals surface area contributed by atoms with E-state index in [9.17, 15) is 0 Å². The first-order chi connectivity index (χ1) is 44.0. The fraction of sp³-hybridized carbons (Fsp3) is 0.712. The van der Waals surface area contributed by atoms with Crippen LogP contribution < -0.4 is 19.5 Å². The first kappa shape index (κ1) is 70.5. The number of hydrogen-bond donors (Lipinski definition) is 1. The Morgan fingerprint density at radius 2 is 0.739 bits per heavy atom. The molecule has 3 aromatic heterocycles. The van der Waals surface area contributed by atoms with Crippen molar-refractivity contribution in [2.45, 2.75) is 148 Å². The van der Waals surface area contributed by atoms with Gasteiger partial charge in [-0.25, -0.2) is 0 Å². The molecule has 5 saturated heterocycles. The predicted octanol–water partition coefficient (Wildman–Crippen LogP) is 13.2. The zero-order valence-corrected chi connectivity index (χ0v) is 58.2. The highest BCUT2D eigenvalue weighted by Crippen LogP contribution is 2.39. The molecule has 14 rings (SSSR count). The molecule has 510 valence electrons. The molecule has 0 bridgehead atoms. The van der Waals surface area contributed by atoms with Crippen molar-refractivity contribution in [3.8, 4) is 17.2 Å². The van der Waals surface area contributed by atoms with Crippen LogP contribution in [0.15, 0.2) is 50.0 Å². The van der Waals surface area contributed by atoms with Crippen molar-refractivity contribution in [3.63, 3.8) is 0 Å². The number of rotatable bonds is 28. The first-order valence-corrected chi connectivity index (χ1v) is 35.4. The third kappa shape index (κ3) is 20.2. The van der Waals surface area contributed by atoms with Crippen LogP contribution in [0.5, 0.6) is 17.2 Å². The summed E-state index contributed by atoms with van der Waals surface area (Å²) in [6.45, 7) is 18.4. The van der Waals surface area contributed by atoms with E-state index in [0.29, 0.717) is 0 Å². The normalized spacial score (nSPS) is 21.2. The van der Waals surface area contributed by atoms with Gasteiger partial charge in [-0.1, -0.05) is 15.5 Å². The van der Waals surface area contributed by atoms with Gasteiger partial charge in [-0.2, -0.15) is 0 Å². The van der Waals surface area contributed by atoms with Gasteiger partial charge in [0, 0.05) is 62.1 Å². The lowest BCUT2D eigenvalue weighted by Gasteiger charge is -2.33. The van der Waals surface area contributed by atoms with E-state index in [-0.39, 0.29) is 24.8 Å². The molecule has 1 N–H and O–H groups in total. The Bertz CT molecular complexity index is 3010. The minimum absolute atomic E-state index is 0. The number of piperidine rings is 3. The lowest BCUT2D eigenvalue weighted by atomic mass is 9.90. The van der Waals surface area contributed by atoms with Crippen LogP contribution >= 0.6 is 24.8 Å². The van der Waals surface area contributed by atoms with Gasteiger partial charge < -0.3 is 67.1 Å². The first-order valence-electron chi connectivity index (χ1n) is 35.4.